The van der Waals surface area contributed by atoms with Crippen LogP contribution in [0.1, 0.15) is 42.5 Å². The predicted octanol–water partition coefficient (Wildman–Crippen LogP) is 5.57. The molecule has 0 saturated heterocycles. The van der Waals surface area contributed by atoms with E-state index in [2.05, 4.69) is 63.2 Å². The Bertz CT molecular complexity index is 674. The van der Waals surface area contributed by atoms with E-state index in [-0.39, 0.29) is 0 Å². The summed E-state index contributed by atoms with van der Waals surface area (Å²) in [6, 6.07) is 13.4. The Labute approximate surface area is 122 Å². The van der Waals surface area contributed by atoms with Crippen LogP contribution < -0.4 is 0 Å². The minimum atomic E-state index is 1.09. The van der Waals surface area contributed by atoms with Gasteiger partial charge in [-0.2, -0.15) is 0 Å². The second-order valence-electron chi connectivity index (χ2n) is 5.67. The third-order valence-electron chi connectivity index (χ3n) is 4.44. The summed E-state index contributed by atoms with van der Waals surface area (Å²) in [6.07, 6.45) is 5.81. The number of hydrogen-bond donors (Lipinski definition) is 0. The summed E-state index contributed by atoms with van der Waals surface area (Å²) in [7, 11) is 0. The molecule has 0 unspecified atom stereocenters. The van der Waals surface area contributed by atoms with E-state index in [9.17, 15) is 0 Å². The van der Waals surface area contributed by atoms with E-state index < -0.39 is 0 Å². The van der Waals surface area contributed by atoms with Gasteiger partial charge in [-0.3, -0.25) is 0 Å². The summed E-state index contributed by atoms with van der Waals surface area (Å²) >= 11 is 0. The Morgan fingerprint density at radius 2 is 1.75 bits per heavy atom. The van der Waals surface area contributed by atoms with Crippen molar-refractivity contribution in [3.8, 4) is 11.1 Å². The average Bonchev–Trinajstić information content (AvgIpc) is 2.90. The van der Waals surface area contributed by atoms with Gasteiger partial charge in [0, 0.05) is 0 Å². The van der Waals surface area contributed by atoms with Gasteiger partial charge in [0.2, 0.25) is 0 Å². The number of rotatable bonds is 3. The average molecular weight is 262 g/mol. The first kappa shape index (κ1) is 13.2. The van der Waals surface area contributed by atoms with E-state index in [0.29, 0.717) is 0 Å². The molecule has 2 aromatic carbocycles. The number of fused-ring (bicyclic) bond motifs is 1. The van der Waals surface area contributed by atoms with Gasteiger partial charge >= 0.3 is 0 Å². The molecule has 0 heterocycles. The second-order valence-corrected chi connectivity index (χ2v) is 5.67. The molecule has 0 saturated carbocycles. The lowest BCUT2D eigenvalue weighted by atomic mass is 9.89. The van der Waals surface area contributed by atoms with Crippen LogP contribution in [0.5, 0.6) is 0 Å². The highest BCUT2D eigenvalue weighted by Gasteiger charge is 2.19. The van der Waals surface area contributed by atoms with Crippen LogP contribution in [0.4, 0.5) is 0 Å². The Morgan fingerprint density at radius 1 is 0.950 bits per heavy atom. The Morgan fingerprint density at radius 3 is 2.45 bits per heavy atom. The van der Waals surface area contributed by atoms with Crippen molar-refractivity contribution >= 4 is 6.08 Å². The smallest absolute Gasteiger partial charge is 0.00577 e. The molecule has 2 aromatic rings. The molecule has 0 heteroatoms. The minimum Gasteiger partial charge on any atom is -0.0655 e. The highest BCUT2D eigenvalue weighted by atomic mass is 14.2. The van der Waals surface area contributed by atoms with E-state index >= 15 is 0 Å². The number of benzene rings is 2. The largest absolute Gasteiger partial charge is 0.0655 e. The molecule has 0 amide bonds. The van der Waals surface area contributed by atoms with Crippen molar-refractivity contribution in [1.29, 1.82) is 0 Å². The Balaban J connectivity index is 2.27. The molecule has 1 aliphatic rings. The van der Waals surface area contributed by atoms with Crippen molar-refractivity contribution < 1.29 is 0 Å². The van der Waals surface area contributed by atoms with E-state index in [1.54, 1.807) is 5.57 Å². The van der Waals surface area contributed by atoms with Crippen LogP contribution in [0.15, 0.2) is 42.0 Å². The standard InChI is InChI=1S/C20H22/c1-4-15-12-17-11-10-16(5-2)20(19(17)13-15)18-9-7-6-8-14(18)3/h6-11,13H,4-5,12H2,1-3H3. The van der Waals surface area contributed by atoms with Crippen LogP contribution in [-0.4, -0.2) is 0 Å². The van der Waals surface area contributed by atoms with Crippen molar-refractivity contribution in [2.24, 2.45) is 0 Å². The van der Waals surface area contributed by atoms with E-state index in [1.165, 1.54) is 33.4 Å². The topological polar surface area (TPSA) is 0 Å². The molecule has 3 rings (SSSR count). The maximum Gasteiger partial charge on any atom is -0.00577 e. The zero-order valence-electron chi connectivity index (χ0n) is 12.7. The summed E-state index contributed by atoms with van der Waals surface area (Å²) < 4.78 is 0. The van der Waals surface area contributed by atoms with Gasteiger partial charge in [0.1, 0.15) is 0 Å². The molecule has 0 atom stereocenters. The van der Waals surface area contributed by atoms with E-state index in [0.717, 1.165) is 19.3 Å². The lowest BCUT2D eigenvalue weighted by Gasteiger charge is -2.15. The third kappa shape index (κ3) is 2.10. The van der Waals surface area contributed by atoms with Crippen molar-refractivity contribution in [3.63, 3.8) is 0 Å². The second kappa shape index (κ2) is 5.28. The maximum absolute atomic E-state index is 2.43. The van der Waals surface area contributed by atoms with Gasteiger partial charge in [-0.25, -0.2) is 0 Å². The van der Waals surface area contributed by atoms with Crippen LogP contribution in [0.3, 0.4) is 0 Å². The fourth-order valence-electron chi connectivity index (χ4n) is 3.22. The molecule has 0 fully saturated rings. The number of allylic oxidation sites excluding steroid dienone is 1. The fraction of sp³-hybridized carbons (Fsp3) is 0.300. The zero-order chi connectivity index (χ0) is 14.1. The number of hydrogen-bond acceptors (Lipinski definition) is 0. The van der Waals surface area contributed by atoms with Gasteiger partial charge < -0.3 is 0 Å². The highest BCUT2D eigenvalue weighted by molar-refractivity contribution is 5.84. The van der Waals surface area contributed by atoms with Crippen LogP contribution in [0, 0.1) is 6.92 Å². The summed E-state index contributed by atoms with van der Waals surface area (Å²) in [6.45, 7) is 6.72. The molecular formula is C20H22. The lowest BCUT2D eigenvalue weighted by molar-refractivity contribution is 1.04. The van der Waals surface area contributed by atoms with Gasteiger partial charge in [-0.1, -0.05) is 61.9 Å². The Kier molecular flexibility index (Phi) is 3.48. The Hall–Kier alpha value is -1.82. The van der Waals surface area contributed by atoms with Crippen molar-refractivity contribution in [3.05, 3.63) is 64.2 Å². The van der Waals surface area contributed by atoms with E-state index in [1.807, 2.05) is 0 Å². The fourth-order valence-corrected chi connectivity index (χ4v) is 3.22. The third-order valence-corrected chi connectivity index (χ3v) is 4.44. The van der Waals surface area contributed by atoms with Crippen LogP contribution in [0.2, 0.25) is 0 Å². The van der Waals surface area contributed by atoms with Gasteiger partial charge in [0.25, 0.3) is 0 Å². The molecular weight excluding hydrogens is 240 g/mol. The summed E-state index contributed by atoms with van der Waals surface area (Å²) in [5, 5.41) is 0. The molecule has 0 N–H and O–H groups in total. The molecule has 0 radical (unpaired) electrons. The molecule has 0 aliphatic heterocycles. The van der Waals surface area contributed by atoms with Gasteiger partial charge in [0.15, 0.2) is 0 Å². The first-order valence-corrected chi connectivity index (χ1v) is 7.64. The molecule has 0 nitrogen and oxygen atoms in total. The summed E-state index contributed by atoms with van der Waals surface area (Å²) in [5.74, 6) is 0. The van der Waals surface area contributed by atoms with Crippen LogP contribution >= 0.6 is 0 Å². The molecule has 1 aliphatic carbocycles. The lowest BCUT2D eigenvalue weighted by Crippen LogP contribution is -1.95. The minimum absolute atomic E-state index is 1.09. The van der Waals surface area contributed by atoms with Crippen LogP contribution in [-0.2, 0) is 12.8 Å². The van der Waals surface area contributed by atoms with Crippen molar-refractivity contribution in [2.45, 2.75) is 40.0 Å². The van der Waals surface area contributed by atoms with Gasteiger partial charge in [0.05, 0.1) is 0 Å². The molecule has 0 aromatic heterocycles. The first-order valence-electron chi connectivity index (χ1n) is 7.64. The predicted molar refractivity (Wildman–Crippen MR) is 88.0 cm³/mol. The zero-order valence-corrected chi connectivity index (χ0v) is 12.7. The number of aryl methyl sites for hydroxylation is 2. The molecule has 20 heavy (non-hydrogen) atoms. The summed E-state index contributed by atoms with van der Waals surface area (Å²) in [5.41, 5.74) is 10.2. The monoisotopic (exact) mass is 262 g/mol. The molecule has 0 spiro atoms. The molecule has 102 valence electrons. The quantitative estimate of drug-likeness (QED) is 0.678. The van der Waals surface area contributed by atoms with E-state index in [4.69, 9.17) is 0 Å². The molecule has 0 bridgehead atoms. The normalized spacial score (nSPS) is 13.2. The first-order chi connectivity index (χ1) is 9.74. The SMILES string of the molecule is CCC1=Cc2c(ccc(CC)c2-c2ccccc2C)C1. The summed E-state index contributed by atoms with van der Waals surface area (Å²) in [4.78, 5) is 0. The highest BCUT2D eigenvalue weighted by Crippen LogP contribution is 2.38. The van der Waals surface area contributed by atoms with Crippen LogP contribution in [0.25, 0.3) is 17.2 Å². The van der Waals surface area contributed by atoms with Crippen molar-refractivity contribution in [2.75, 3.05) is 0 Å². The van der Waals surface area contributed by atoms with Crippen molar-refractivity contribution in [1.82, 2.24) is 0 Å². The van der Waals surface area contributed by atoms with Gasteiger partial charge in [-0.05, 0) is 59.6 Å². The van der Waals surface area contributed by atoms with Gasteiger partial charge in [-0.15, -0.1) is 0 Å². The maximum atomic E-state index is 2.43.